The van der Waals surface area contributed by atoms with Crippen molar-refractivity contribution in [1.82, 2.24) is 10.2 Å². The normalized spacial score (nSPS) is 17.5. The van der Waals surface area contributed by atoms with Crippen molar-refractivity contribution in [3.05, 3.63) is 23.8 Å². The molecule has 7 nitrogen and oxygen atoms in total. The first kappa shape index (κ1) is 22.0. The first-order chi connectivity index (χ1) is 12.5. The van der Waals surface area contributed by atoms with Crippen LogP contribution in [0.3, 0.4) is 0 Å². The molecule has 0 bridgehead atoms. The lowest BCUT2D eigenvalue weighted by Gasteiger charge is -2.26. The van der Waals surface area contributed by atoms with Crippen molar-refractivity contribution in [1.29, 1.82) is 0 Å². The molecule has 2 heterocycles. The van der Waals surface area contributed by atoms with Crippen molar-refractivity contribution >= 4 is 29.9 Å². The fraction of sp³-hybridized carbons (Fsp3) is 0.632. The minimum absolute atomic E-state index is 0. The van der Waals surface area contributed by atoms with E-state index in [-0.39, 0.29) is 29.4 Å². The van der Waals surface area contributed by atoms with Crippen LogP contribution in [0.4, 0.5) is 0 Å². The number of nitrogens with two attached hydrogens (primary N) is 1. The lowest BCUT2D eigenvalue weighted by Crippen LogP contribution is -2.39. The Morgan fingerprint density at radius 2 is 1.96 bits per heavy atom. The molecule has 0 aromatic heterocycles. The highest BCUT2D eigenvalue weighted by molar-refractivity contribution is 14.0. The molecule has 0 spiro atoms. The van der Waals surface area contributed by atoms with E-state index in [1.165, 1.54) is 0 Å². The predicted molar refractivity (Wildman–Crippen MR) is 117 cm³/mol. The summed E-state index contributed by atoms with van der Waals surface area (Å²) in [6.45, 7) is 10.8. The SMILES string of the molecule is CC(C)(CN=C(N)NCCCN1CCOCC1)c1ccc2c(c1)OCO2.I. The zero-order chi connectivity index (χ0) is 18.4. The number of guanidine groups is 1. The first-order valence-electron chi connectivity index (χ1n) is 9.29. The molecule has 2 aliphatic heterocycles. The zero-order valence-electron chi connectivity index (χ0n) is 16.2. The van der Waals surface area contributed by atoms with E-state index >= 15 is 0 Å². The van der Waals surface area contributed by atoms with Crippen molar-refractivity contribution in [3.63, 3.8) is 0 Å². The molecule has 0 saturated carbocycles. The van der Waals surface area contributed by atoms with Crippen LogP contribution in [0.15, 0.2) is 23.2 Å². The van der Waals surface area contributed by atoms with E-state index in [1.54, 1.807) is 0 Å². The molecule has 8 heteroatoms. The number of ether oxygens (including phenoxy) is 3. The molecule has 0 atom stereocenters. The smallest absolute Gasteiger partial charge is 0.231 e. The van der Waals surface area contributed by atoms with Crippen LogP contribution in [-0.4, -0.2) is 63.6 Å². The third-order valence-electron chi connectivity index (χ3n) is 4.86. The van der Waals surface area contributed by atoms with Gasteiger partial charge in [-0.05, 0) is 30.7 Å². The van der Waals surface area contributed by atoms with Crippen molar-refractivity contribution in [3.8, 4) is 11.5 Å². The van der Waals surface area contributed by atoms with Gasteiger partial charge in [-0.25, -0.2) is 0 Å². The molecule has 3 rings (SSSR count). The summed E-state index contributed by atoms with van der Waals surface area (Å²) in [7, 11) is 0. The van der Waals surface area contributed by atoms with Crippen molar-refractivity contribution in [2.24, 2.45) is 10.7 Å². The molecule has 152 valence electrons. The number of morpholine rings is 1. The molecule has 0 radical (unpaired) electrons. The third kappa shape index (κ3) is 6.39. The summed E-state index contributed by atoms with van der Waals surface area (Å²) in [5.41, 5.74) is 7.05. The number of hydrogen-bond donors (Lipinski definition) is 2. The van der Waals surface area contributed by atoms with Gasteiger partial charge in [-0.3, -0.25) is 9.89 Å². The molecule has 3 N–H and O–H groups in total. The molecule has 1 fully saturated rings. The predicted octanol–water partition coefficient (Wildman–Crippen LogP) is 1.94. The second-order valence-electron chi connectivity index (χ2n) is 7.39. The highest BCUT2D eigenvalue weighted by Crippen LogP contribution is 2.36. The van der Waals surface area contributed by atoms with Gasteiger partial charge in [0, 0.05) is 25.0 Å². The van der Waals surface area contributed by atoms with E-state index in [9.17, 15) is 0 Å². The maximum Gasteiger partial charge on any atom is 0.231 e. The largest absolute Gasteiger partial charge is 0.454 e. The molecule has 1 aromatic carbocycles. The Morgan fingerprint density at radius 1 is 1.22 bits per heavy atom. The second kappa shape index (κ2) is 10.3. The number of aliphatic imine (C=N–C) groups is 1. The van der Waals surface area contributed by atoms with E-state index in [4.69, 9.17) is 19.9 Å². The van der Waals surface area contributed by atoms with Crippen LogP contribution >= 0.6 is 24.0 Å². The van der Waals surface area contributed by atoms with Gasteiger partial charge in [-0.15, -0.1) is 24.0 Å². The van der Waals surface area contributed by atoms with Crippen LogP contribution in [0.25, 0.3) is 0 Å². The van der Waals surface area contributed by atoms with Gasteiger partial charge in [0.15, 0.2) is 17.5 Å². The fourth-order valence-electron chi connectivity index (χ4n) is 3.09. The molecule has 0 aliphatic carbocycles. The minimum atomic E-state index is -0.138. The molecular formula is C19H31IN4O3. The maximum absolute atomic E-state index is 6.03. The summed E-state index contributed by atoms with van der Waals surface area (Å²) in [5, 5.41) is 3.21. The minimum Gasteiger partial charge on any atom is -0.454 e. The zero-order valence-corrected chi connectivity index (χ0v) is 18.5. The molecular weight excluding hydrogens is 459 g/mol. The van der Waals surface area contributed by atoms with Gasteiger partial charge in [0.25, 0.3) is 0 Å². The lowest BCUT2D eigenvalue weighted by molar-refractivity contribution is 0.0376. The number of nitrogens with zero attached hydrogens (tertiary/aromatic N) is 2. The van der Waals surface area contributed by atoms with Gasteiger partial charge < -0.3 is 25.3 Å². The maximum atomic E-state index is 6.03. The fourth-order valence-corrected chi connectivity index (χ4v) is 3.09. The van der Waals surface area contributed by atoms with Crippen molar-refractivity contribution in [2.75, 3.05) is 52.7 Å². The number of nitrogens with one attached hydrogen (secondary N) is 1. The molecule has 1 saturated heterocycles. The van der Waals surface area contributed by atoms with E-state index in [1.807, 2.05) is 12.1 Å². The number of rotatable bonds is 7. The lowest BCUT2D eigenvalue weighted by atomic mass is 9.84. The molecule has 0 amide bonds. The van der Waals surface area contributed by atoms with Crippen LogP contribution in [0.1, 0.15) is 25.8 Å². The van der Waals surface area contributed by atoms with Crippen molar-refractivity contribution in [2.45, 2.75) is 25.7 Å². The Bertz CT molecular complexity index is 633. The quantitative estimate of drug-likeness (QED) is 0.263. The van der Waals surface area contributed by atoms with E-state index in [0.717, 1.165) is 62.9 Å². The van der Waals surface area contributed by atoms with E-state index in [2.05, 4.69) is 35.1 Å². The van der Waals surface area contributed by atoms with E-state index < -0.39 is 0 Å². The summed E-state index contributed by atoms with van der Waals surface area (Å²) in [6, 6.07) is 6.05. The molecule has 2 aliphatic rings. The summed E-state index contributed by atoms with van der Waals surface area (Å²) < 4.78 is 16.2. The summed E-state index contributed by atoms with van der Waals surface area (Å²) in [5.74, 6) is 2.10. The molecule has 0 unspecified atom stereocenters. The first-order valence-corrected chi connectivity index (χ1v) is 9.29. The third-order valence-corrected chi connectivity index (χ3v) is 4.86. The Balaban J connectivity index is 0.00000261. The summed E-state index contributed by atoms with van der Waals surface area (Å²) >= 11 is 0. The number of hydrogen-bond acceptors (Lipinski definition) is 5. The number of fused-ring (bicyclic) bond motifs is 1. The monoisotopic (exact) mass is 490 g/mol. The van der Waals surface area contributed by atoms with Gasteiger partial charge in [0.05, 0.1) is 19.8 Å². The van der Waals surface area contributed by atoms with Gasteiger partial charge in [-0.1, -0.05) is 19.9 Å². The van der Waals surface area contributed by atoms with Gasteiger partial charge in [0.1, 0.15) is 0 Å². The summed E-state index contributed by atoms with van der Waals surface area (Å²) in [6.07, 6.45) is 1.04. The van der Waals surface area contributed by atoms with Crippen LogP contribution in [0, 0.1) is 0 Å². The van der Waals surface area contributed by atoms with Crippen LogP contribution in [0.2, 0.25) is 0 Å². The van der Waals surface area contributed by atoms with Crippen molar-refractivity contribution < 1.29 is 14.2 Å². The topological polar surface area (TPSA) is 81.3 Å². The van der Waals surface area contributed by atoms with Gasteiger partial charge >= 0.3 is 0 Å². The summed E-state index contributed by atoms with van der Waals surface area (Å²) in [4.78, 5) is 6.95. The second-order valence-corrected chi connectivity index (χ2v) is 7.39. The van der Waals surface area contributed by atoms with Crippen LogP contribution < -0.4 is 20.5 Å². The standard InChI is InChI=1S/C19H30N4O3.HI/c1-19(2,15-4-5-16-17(12-15)26-14-25-16)13-22-18(20)21-6-3-7-23-8-10-24-11-9-23;/h4-5,12H,3,6-11,13-14H2,1-2H3,(H3,20,21,22);1H. The average Bonchev–Trinajstić information content (AvgIpc) is 3.12. The Morgan fingerprint density at radius 3 is 2.74 bits per heavy atom. The van der Waals surface area contributed by atoms with Crippen LogP contribution in [0.5, 0.6) is 11.5 Å². The highest BCUT2D eigenvalue weighted by Gasteiger charge is 2.24. The Kier molecular flexibility index (Phi) is 8.43. The van der Waals surface area contributed by atoms with Crippen LogP contribution in [-0.2, 0) is 10.2 Å². The Labute approximate surface area is 178 Å². The van der Waals surface area contributed by atoms with Gasteiger partial charge in [-0.2, -0.15) is 0 Å². The number of halogens is 1. The Hall–Kier alpha value is -1.26. The average molecular weight is 490 g/mol. The molecule has 27 heavy (non-hydrogen) atoms. The highest BCUT2D eigenvalue weighted by atomic mass is 127. The molecule has 1 aromatic rings. The van der Waals surface area contributed by atoms with Gasteiger partial charge in [0.2, 0.25) is 6.79 Å². The number of benzene rings is 1. The van der Waals surface area contributed by atoms with E-state index in [0.29, 0.717) is 19.3 Å².